The van der Waals surface area contributed by atoms with E-state index in [2.05, 4.69) is 35.7 Å². The van der Waals surface area contributed by atoms with E-state index in [1.54, 1.807) is 24.3 Å². The van der Waals surface area contributed by atoms with Crippen LogP contribution >= 0.6 is 11.6 Å². The fourth-order valence-corrected chi connectivity index (χ4v) is 4.34. The Morgan fingerprint density at radius 3 is 2.12 bits per heavy atom. The number of nitrogens with one attached hydrogen (secondary N) is 1. The summed E-state index contributed by atoms with van der Waals surface area (Å²) in [4.78, 5) is 0.0989. The molecule has 164 valence electrons. The molecule has 0 aliphatic carbocycles. The standard InChI is InChI=1S/C24H22ClN3O3S/c1-24(2,3)17-10-8-16(9-11-17)22-26-27-23(31-22)20-6-4-5-7-21(20)28-32(29,30)19-14-12-18(25)13-15-19/h4-15,28H,1-3H3. The Morgan fingerprint density at radius 1 is 0.844 bits per heavy atom. The van der Waals surface area contributed by atoms with E-state index in [9.17, 15) is 8.42 Å². The van der Waals surface area contributed by atoms with Crippen molar-refractivity contribution < 1.29 is 12.8 Å². The SMILES string of the molecule is CC(C)(C)c1ccc(-c2nnc(-c3ccccc3NS(=O)(=O)c3ccc(Cl)cc3)o2)cc1. The lowest BCUT2D eigenvalue weighted by Crippen LogP contribution is -2.13. The molecule has 6 nitrogen and oxygen atoms in total. The molecule has 8 heteroatoms. The molecule has 0 radical (unpaired) electrons. The van der Waals surface area contributed by atoms with E-state index in [0.29, 0.717) is 22.2 Å². The molecule has 3 aromatic carbocycles. The quantitative estimate of drug-likeness (QED) is 0.380. The number of hydrogen-bond donors (Lipinski definition) is 1. The van der Waals surface area contributed by atoms with E-state index in [1.165, 1.54) is 29.8 Å². The second-order valence-electron chi connectivity index (χ2n) is 8.34. The van der Waals surface area contributed by atoms with Gasteiger partial charge in [-0.1, -0.05) is 56.6 Å². The Balaban J connectivity index is 1.64. The average molecular weight is 468 g/mol. The van der Waals surface area contributed by atoms with E-state index >= 15 is 0 Å². The van der Waals surface area contributed by atoms with Crippen LogP contribution in [-0.2, 0) is 15.4 Å². The minimum atomic E-state index is -3.82. The highest BCUT2D eigenvalue weighted by Crippen LogP contribution is 2.32. The minimum absolute atomic E-state index is 0.0404. The van der Waals surface area contributed by atoms with Crippen LogP contribution in [0.25, 0.3) is 22.9 Å². The van der Waals surface area contributed by atoms with Crippen LogP contribution in [-0.4, -0.2) is 18.6 Å². The molecule has 0 bridgehead atoms. The summed E-state index contributed by atoms with van der Waals surface area (Å²) < 4.78 is 34.1. The van der Waals surface area contributed by atoms with Crippen molar-refractivity contribution in [1.82, 2.24) is 10.2 Å². The van der Waals surface area contributed by atoms with Crippen LogP contribution in [0.3, 0.4) is 0 Å². The fourth-order valence-electron chi connectivity index (χ4n) is 3.14. The number of anilines is 1. The Morgan fingerprint density at radius 2 is 1.47 bits per heavy atom. The van der Waals surface area contributed by atoms with Crippen LogP contribution in [0.1, 0.15) is 26.3 Å². The molecule has 4 aromatic rings. The van der Waals surface area contributed by atoms with Crippen molar-refractivity contribution in [2.24, 2.45) is 0 Å². The van der Waals surface area contributed by atoms with Gasteiger partial charge in [0.05, 0.1) is 16.1 Å². The summed E-state index contributed by atoms with van der Waals surface area (Å²) in [5.74, 6) is 0.574. The molecule has 0 unspecified atom stereocenters. The summed E-state index contributed by atoms with van der Waals surface area (Å²) in [7, 11) is -3.82. The molecule has 4 rings (SSSR count). The number of hydrogen-bond acceptors (Lipinski definition) is 5. The van der Waals surface area contributed by atoms with Gasteiger partial charge in [-0.3, -0.25) is 4.72 Å². The highest BCUT2D eigenvalue weighted by Gasteiger charge is 2.20. The first-order valence-corrected chi connectivity index (χ1v) is 11.8. The van der Waals surface area contributed by atoms with Gasteiger partial charge in [0, 0.05) is 10.6 Å². The monoisotopic (exact) mass is 467 g/mol. The average Bonchev–Trinajstić information content (AvgIpc) is 3.24. The van der Waals surface area contributed by atoms with Gasteiger partial charge in [0.2, 0.25) is 11.8 Å². The largest absolute Gasteiger partial charge is 0.416 e. The molecule has 0 atom stereocenters. The first-order chi connectivity index (χ1) is 15.1. The van der Waals surface area contributed by atoms with Crippen molar-refractivity contribution >= 4 is 27.3 Å². The highest BCUT2D eigenvalue weighted by molar-refractivity contribution is 7.92. The Labute approximate surface area is 192 Å². The second-order valence-corrected chi connectivity index (χ2v) is 10.5. The van der Waals surface area contributed by atoms with Crippen molar-refractivity contribution in [3.63, 3.8) is 0 Å². The lowest BCUT2D eigenvalue weighted by Gasteiger charge is -2.18. The van der Waals surface area contributed by atoms with Gasteiger partial charge in [-0.05, 0) is 59.5 Å². The zero-order chi connectivity index (χ0) is 22.9. The summed E-state index contributed by atoms with van der Waals surface area (Å²) in [6.07, 6.45) is 0. The molecule has 32 heavy (non-hydrogen) atoms. The molecule has 0 spiro atoms. The molecular weight excluding hydrogens is 446 g/mol. The van der Waals surface area contributed by atoms with E-state index in [1.807, 2.05) is 24.3 Å². The number of nitrogens with zero attached hydrogens (tertiary/aromatic N) is 2. The maximum atomic E-state index is 12.8. The van der Waals surface area contributed by atoms with E-state index in [0.717, 1.165) is 5.56 Å². The summed E-state index contributed by atoms with van der Waals surface area (Å²) in [6.45, 7) is 6.44. The van der Waals surface area contributed by atoms with Crippen molar-refractivity contribution in [2.75, 3.05) is 4.72 Å². The number of para-hydroxylation sites is 1. The first-order valence-electron chi connectivity index (χ1n) is 9.96. The molecular formula is C24H22ClN3O3S. The Bertz CT molecular complexity index is 1340. The smallest absolute Gasteiger partial charge is 0.261 e. The molecule has 0 fully saturated rings. The number of sulfonamides is 1. The maximum absolute atomic E-state index is 12.8. The molecule has 0 aliphatic heterocycles. The van der Waals surface area contributed by atoms with Crippen LogP contribution in [0.4, 0.5) is 5.69 Å². The van der Waals surface area contributed by atoms with Gasteiger partial charge in [-0.25, -0.2) is 8.42 Å². The van der Waals surface area contributed by atoms with Crippen LogP contribution < -0.4 is 4.72 Å². The van der Waals surface area contributed by atoms with Gasteiger partial charge >= 0.3 is 0 Å². The normalized spacial score (nSPS) is 12.0. The van der Waals surface area contributed by atoms with Gasteiger partial charge in [-0.2, -0.15) is 0 Å². The second kappa shape index (κ2) is 8.41. The third kappa shape index (κ3) is 4.69. The summed E-state index contributed by atoms with van der Waals surface area (Å²) in [5, 5.41) is 8.75. The maximum Gasteiger partial charge on any atom is 0.261 e. The van der Waals surface area contributed by atoms with Gasteiger partial charge in [0.15, 0.2) is 0 Å². The minimum Gasteiger partial charge on any atom is -0.416 e. The van der Waals surface area contributed by atoms with Gasteiger partial charge in [-0.15, -0.1) is 10.2 Å². The van der Waals surface area contributed by atoms with Crippen molar-refractivity contribution in [3.8, 4) is 22.9 Å². The van der Waals surface area contributed by atoms with Crippen molar-refractivity contribution in [3.05, 3.63) is 83.4 Å². The fraction of sp³-hybridized carbons (Fsp3) is 0.167. The molecule has 1 heterocycles. The first kappa shape index (κ1) is 22.0. The summed E-state index contributed by atoms with van der Waals surface area (Å²) in [6, 6.07) is 20.8. The molecule has 1 N–H and O–H groups in total. The third-order valence-corrected chi connectivity index (χ3v) is 6.58. The lowest BCUT2D eigenvalue weighted by molar-refractivity contribution is 0.582. The number of rotatable bonds is 5. The predicted molar refractivity (Wildman–Crippen MR) is 126 cm³/mol. The summed E-state index contributed by atoms with van der Waals surface area (Å²) >= 11 is 5.87. The van der Waals surface area contributed by atoms with E-state index < -0.39 is 10.0 Å². The van der Waals surface area contributed by atoms with Crippen LogP contribution in [0.5, 0.6) is 0 Å². The number of benzene rings is 3. The Kier molecular flexibility index (Phi) is 5.79. The van der Waals surface area contributed by atoms with Gasteiger partial charge in [0.1, 0.15) is 0 Å². The van der Waals surface area contributed by atoms with Crippen molar-refractivity contribution in [2.45, 2.75) is 31.1 Å². The van der Waals surface area contributed by atoms with Crippen LogP contribution in [0, 0.1) is 0 Å². The number of halogens is 1. The third-order valence-electron chi connectivity index (χ3n) is 4.95. The lowest BCUT2D eigenvalue weighted by atomic mass is 9.87. The zero-order valence-electron chi connectivity index (χ0n) is 17.8. The predicted octanol–water partition coefficient (Wildman–Crippen LogP) is 6.16. The van der Waals surface area contributed by atoms with E-state index in [4.69, 9.17) is 16.0 Å². The topological polar surface area (TPSA) is 85.1 Å². The molecule has 0 saturated carbocycles. The molecule has 0 amide bonds. The highest BCUT2D eigenvalue weighted by atomic mass is 35.5. The van der Waals surface area contributed by atoms with E-state index in [-0.39, 0.29) is 16.2 Å². The van der Waals surface area contributed by atoms with Gasteiger partial charge < -0.3 is 4.42 Å². The Hall–Kier alpha value is -3.16. The van der Waals surface area contributed by atoms with Crippen molar-refractivity contribution in [1.29, 1.82) is 0 Å². The number of aromatic nitrogens is 2. The van der Waals surface area contributed by atoms with Crippen LogP contribution in [0.2, 0.25) is 5.02 Å². The molecule has 0 saturated heterocycles. The summed E-state index contributed by atoms with van der Waals surface area (Å²) in [5.41, 5.74) is 2.84. The van der Waals surface area contributed by atoms with Crippen LogP contribution in [0.15, 0.2) is 82.1 Å². The zero-order valence-corrected chi connectivity index (χ0v) is 19.4. The molecule has 0 aliphatic rings. The molecule has 1 aromatic heterocycles. The van der Waals surface area contributed by atoms with Gasteiger partial charge in [0.25, 0.3) is 10.0 Å².